The first-order valence-corrected chi connectivity index (χ1v) is 13.8. The Morgan fingerprint density at radius 1 is 0.938 bits per heavy atom. The van der Waals surface area contributed by atoms with E-state index in [1.165, 1.54) is 12.1 Å². The van der Waals surface area contributed by atoms with Crippen LogP contribution in [0.25, 0.3) is 11.0 Å². The highest BCUT2D eigenvalue weighted by Gasteiger charge is 2.28. The third-order valence-electron chi connectivity index (χ3n) is 5.72. The highest BCUT2D eigenvalue weighted by molar-refractivity contribution is 7.91. The van der Waals surface area contributed by atoms with Crippen LogP contribution in [0.3, 0.4) is 0 Å². The van der Waals surface area contributed by atoms with Crippen LogP contribution in [0.2, 0.25) is 0 Å². The van der Waals surface area contributed by atoms with Crippen LogP contribution < -0.4 is 5.69 Å². The highest BCUT2D eigenvalue weighted by atomic mass is 32.2. The maximum absolute atomic E-state index is 13.1. The largest absolute Gasteiger partial charge is 0.338 e. The van der Waals surface area contributed by atoms with Gasteiger partial charge in [0.2, 0.25) is 0 Å². The van der Waals surface area contributed by atoms with Crippen LogP contribution in [0, 0.1) is 0 Å². The number of benzene rings is 2. The topological polar surface area (TPSA) is 126 Å². The molecule has 0 spiro atoms. The molecule has 2 aromatic carbocycles. The molecule has 1 aliphatic heterocycles. The van der Waals surface area contributed by atoms with Gasteiger partial charge in [-0.2, -0.15) is 0 Å². The number of H-pyrrole nitrogens is 1. The maximum atomic E-state index is 13.1. The van der Waals surface area contributed by atoms with Crippen molar-refractivity contribution in [3.8, 4) is 0 Å². The molecular formula is C21H23N3O6S2. The quantitative estimate of drug-likeness (QED) is 0.608. The van der Waals surface area contributed by atoms with Crippen LogP contribution >= 0.6 is 0 Å². The molecule has 1 aliphatic rings. The van der Waals surface area contributed by atoms with E-state index in [4.69, 9.17) is 0 Å². The Kier molecular flexibility index (Phi) is 5.49. The number of fused-ring (bicyclic) bond motifs is 1. The first-order valence-electron chi connectivity index (χ1n) is 9.99. The second kappa shape index (κ2) is 7.89. The van der Waals surface area contributed by atoms with Crippen molar-refractivity contribution in [1.82, 2.24) is 14.5 Å². The van der Waals surface area contributed by atoms with Crippen molar-refractivity contribution in [1.29, 1.82) is 0 Å². The molecule has 1 saturated heterocycles. The first kappa shape index (κ1) is 22.3. The molecule has 3 aromatic rings. The number of aromatic nitrogens is 2. The Labute approximate surface area is 185 Å². The molecule has 1 N–H and O–H groups in total. The van der Waals surface area contributed by atoms with Gasteiger partial charge >= 0.3 is 5.69 Å². The van der Waals surface area contributed by atoms with Crippen LogP contribution in [-0.2, 0) is 19.7 Å². The van der Waals surface area contributed by atoms with Crippen molar-refractivity contribution in [2.45, 2.75) is 28.7 Å². The minimum Gasteiger partial charge on any atom is -0.338 e. The SMILES string of the molecule is CS(=O)(=O)c1cc(C(=O)N2CCC(n3c(=O)[nH]c4ccccc43)CC2)cc(S(C)(=O)=O)c1. The fraction of sp³-hybridized carbons (Fsp3) is 0.333. The average molecular weight is 478 g/mol. The van der Waals surface area contributed by atoms with Gasteiger partial charge in [0.25, 0.3) is 5.91 Å². The Hall–Kier alpha value is -2.92. The van der Waals surface area contributed by atoms with E-state index < -0.39 is 25.6 Å². The molecule has 1 amide bonds. The van der Waals surface area contributed by atoms with E-state index in [9.17, 15) is 26.4 Å². The number of rotatable bonds is 4. The summed E-state index contributed by atoms with van der Waals surface area (Å²) in [5, 5.41) is 0. The van der Waals surface area contributed by atoms with Gasteiger partial charge in [0.05, 0.1) is 20.8 Å². The van der Waals surface area contributed by atoms with Crippen LogP contribution in [0.5, 0.6) is 0 Å². The van der Waals surface area contributed by atoms with Gasteiger partial charge in [-0.25, -0.2) is 21.6 Å². The number of hydrogen-bond donors (Lipinski definition) is 1. The van der Waals surface area contributed by atoms with Crippen LogP contribution in [-0.4, -0.2) is 62.8 Å². The molecule has 2 heterocycles. The molecule has 4 rings (SSSR count). The van der Waals surface area contributed by atoms with Gasteiger partial charge in [-0.1, -0.05) is 12.1 Å². The zero-order valence-corrected chi connectivity index (χ0v) is 19.2. The fourth-order valence-corrected chi connectivity index (χ4v) is 5.51. The summed E-state index contributed by atoms with van der Waals surface area (Å²) in [6.45, 7) is 0.708. The molecule has 0 bridgehead atoms. The van der Waals surface area contributed by atoms with E-state index in [0.29, 0.717) is 25.9 Å². The highest BCUT2D eigenvalue weighted by Crippen LogP contribution is 2.27. The number of sulfone groups is 2. The molecule has 0 aliphatic carbocycles. The molecule has 1 fully saturated rings. The number of hydrogen-bond acceptors (Lipinski definition) is 6. The van der Waals surface area contributed by atoms with Crippen molar-refractivity contribution >= 4 is 36.6 Å². The third kappa shape index (κ3) is 4.22. The average Bonchev–Trinajstić information content (AvgIpc) is 3.07. The molecule has 170 valence electrons. The number of amides is 1. The Morgan fingerprint density at radius 3 is 2.06 bits per heavy atom. The second-order valence-electron chi connectivity index (χ2n) is 8.08. The lowest BCUT2D eigenvalue weighted by atomic mass is 10.0. The summed E-state index contributed by atoms with van der Waals surface area (Å²) >= 11 is 0. The number of para-hydroxylation sites is 2. The molecule has 0 radical (unpaired) electrons. The number of imidazole rings is 1. The van der Waals surface area contributed by atoms with Gasteiger partial charge < -0.3 is 9.88 Å². The molecule has 0 atom stereocenters. The number of nitrogens with one attached hydrogen (secondary N) is 1. The van der Waals surface area contributed by atoms with Crippen molar-refractivity contribution in [2.75, 3.05) is 25.6 Å². The number of likely N-dealkylation sites (tertiary alicyclic amines) is 1. The predicted molar refractivity (Wildman–Crippen MR) is 119 cm³/mol. The summed E-state index contributed by atoms with van der Waals surface area (Å²) in [4.78, 5) is 29.5. The molecule has 11 heteroatoms. The summed E-state index contributed by atoms with van der Waals surface area (Å²) in [6.07, 6.45) is 3.01. The lowest BCUT2D eigenvalue weighted by molar-refractivity contribution is 0.0694. The minimum absolute atomic E-state index is 0.0102. The van der Waals surface area contributed by atoms with Gasteiger partial charge in [-0.15, -0.1) is 0 Å². The Bertz CT molecular complexity index is 1430. The Morgan fingerprint density at radius 2 is 1.50 bits per heavy atom. The molecule has 0 unspecified atom stereocenters. The lowest BCUT2D eigenvalue weighted by Gasteiger charge is -2.32. The number of piperidine rings is 1. The minimum atomic E-state index is -3.71. The second-order valence-corrected chi connectivity index (χ2v) is 12.1. The van der Waals surface area contributed by atoms with Crippen LogP contribution in [0.1, 0.15) is 29.2 Å². The van der Waals surface area contributed by atoms with E-state index >= 15 is 0 Å². The van der Waals surface area contributed by atoms with Crippen LogP contribution in [0.4, 0.5) is 0 Å². The fourth-order valence-electron chi connectivity index (χ4n) is 4.07. The van der Waals surface area contributed by atoms with Gasteiger partial charge in [0.1, 0.15) is 0 Å². The van der Waals surface area contributed by atoms with E-state index in [0.717, 1.165) is 29.6 Å². The van der Waals surface area contributed by atoms with Gasteiger partial charge in [0, 0.05) is 37.2 Å². The van der Waals surface area contributed by atoms with Crippen molar-refractivity contribution in [2.24, 2.45) is 0 Å². The number of nitrogens with zero attached hydrogens (tertiary/aromatic N) is 2. The molecule has 9 nitrogen and oxygen atoms in total. The lowest BCUT2D eigenvalue weighted by Crippen LogP contribution is -2.40. The zero-order valence-electron chi connectivity index (χ0n) is 17.6. The standard InChI is InChI=1S/C21H23N3O6S2/c1-31(27,28)16-11-14(12-17(13-16)32(2,29)30)20(25)23-9-7-15(8-10-23)24-19-6-4-3-5-18(19)22-21(24)26/h3-6,11-13,15H,7-10H2,1-2H3,(H,22,26). The summed E-state index contributed by atoms with van der Waals surface area (Å²) in [6, 6.07) is 10.8. The van der Waals surface area contributed by atoms with E-state index in [1.54, 1.807) is 9.47 Å². The zero-order chi connectivity index (χ0) is 23.3. The number of carbonyl (C=O) groups is 1. The van der Waals surface area contributed by atoms with E-state index in [1.807, 2.05) is 24.3 Å². The number of aromatic amines is 1. The summed E-state index contributed by atoms with van der Waals surface area (Å²) in [5.41, 5.74) is 1.37. The first-order chi connectivity index (χ1) is 14.9. The molecule has 0 saturated carbocycles. The number of carbonyl (C=O) groups excluding carboxylic acids is 1. The van der Waals surface area contributed by atoms with Crippen molar-refractivity contribution in [3.05, 3.63) is 58.5 Å². The third-order valence-corrected chi connectivity index (χ3v) is 7.91. The monoisotopic (exact) mass is 477 g/mol. The van der Waals surface area contributed by atoms with Gasteiger partial charge in [0.15, 0.2) is 19.7 Å². The van der Waals surface area contributed by atoms with Crippen molar-refractivity contribution in [3.63, 3.8) is 0 Å². The van der Waals surface area contributed by atoms with Crippen molar-refractivity contribution < 1.29 is 21.6 Å². The van der Waals surface area contributed by atoms with Gasteiger partial charge in [-0.05, 0) is 43.2 Å². The van der Waals surface area contributed by atoms with Gasteiger partial charge in [-0.3, -0.25) is 9.36 Å². The predicted octanol–water partition coefficient (Wildman–Crippen LogP) is 1.61. The van der Waals surface area contributed by atoms with E-state index in [-0.39, 0.29) is 27.1 Å². The molecule has 1 aromatic heterocycles. The molecular weight excluding hydrogens is 454 g/mol. The summed E-state index contributed by atoms with van der Waals surface area (Å²) in [5.74, 6) is -0.440. The van der Waals surface area contributed by atoms with E-state index in [2.05, 4.69) is 4.98 Å². The normalized spacial score (nSPS) is 15.9. The summed E-state index contributed by atoms with van der Waals surface area (Å²) in [7, 11) is -7.43. The summed E-state index contributed by atoms with van der Waals surface area (Å²) < 4.78 is 49.8. The van der Waals surface area contributed by atoms with Crippen LogP contribution in [0.15, 0.2) is 57.1 Å². The molecule has 32 heavy (non-hydrogen) atoms. The Balaban J connectivity index is 1.60. The maximum Gasteiger partial charge on any atom is 0.326 e. The smallest absolute Gasteiger partial charge is 0.326 e.